The normalized spacial score (nSPS) is 13.3. The van der Waals surface area contributed by atoms with Crippen LogP contribution in [-0.2, 0) is 13.0 Å². The number of anilines is 1. The number of amides is 1. The van der Waals surface area contributed by atoms with E-state index in [-0.39, 0.29) is 15.9 Å². The zero-order valence-corrected chi connectivity index (χ0v) is 15.7. The Morgan fingerprint density at radius 2 is 2.00 bits per heavy atom. The molecule has 1 aliphatic heterocycles. The van der Waals surface area contributed by atoms with E-state index in [9.17, 15) is 9.18 Å². The molecule has 3 aromatic rings. The van der Waals surface area contributed by atoms with Gasteiger partial charge in [-0.3, -0.25) is 4.79 Å². The molecule has 27 heavy (non-hydrogen) atoms. The van der Waals surface area contributed by atoms with Crippen LogP contribution in [0.4, 0.5) is 10.1 Å². The Bertz CT molecular complexity index is 1010. The second-order valence-corrected chi connectivity index (χ2v) is 7.04. The van der Waals surface area contributed by atoms with E-state index >= 15 is 0 Å². The molecule has 2 aromatic heterocycles. The zero-order valence-electron chi connectivity index (χ0n) is 14.2. The van der Waals surface area contributed by atoms with Crippen LogP contribution >= 0.6 is 23.2 Å². The Kier molecular flexibility index (Phi) is 4.85. The van der Waals surface area contributed by atoms with Crippen molar-refractivity contribution in [3.8, 4) is 11.3 Å². The summed E-state index contributed by atoms with van der Waals surface area (Å²) < 4.78 is 15.8. The van der Waals surface area contributed by atoms with Gasteiger partial charge < -0.3 is 9.88 Å². The summed E-state index contributed by atoms with van der Waals surface area (Å²) in [6.07, 6.45) is 5.32. The number of carbonyl (C=O) groups is 1. The molecule has 8 heteroatoms. The monoisotopic (exact) mass is 404 g/mol. The molecule has 1 aromatic carbocycles. The number of aryl methyl sites for hydroxylation is 2. The van der Waals surface area contributed by atoms with Crippen molar-refractivity contribution in [2.24, 2.45) is 0 Å². The average molecular weight is 405 g/mol. The molecule has 0 atom stereocenters. The van der Waals surface area contributed by atoms with E-state index < -0.39 is 11.7 Å². The quantitative estimate of drug-likeness (QED) is 0.626. The van der Waals surface area contributed by atoms with Crippen molar-refractivity contribution in [3.05, 3.63) is 64.0 Å². The molecule has 0 spiro atoms. The van der Waals surface area contributed by atoms with Crippen LogP contribution in [0.15, 0.2) is 36.5 Å². The summed E-state index contributed by atoms with van der Waals surface area (Å²) >= 11 is 11.5. The number of nitrogens with one attached hydrogen (secondary N) is 1. The van der Waals surface area contributed by atoms with Gasteiger partial charge in [0.05, 0.1) is 11.3 Å². The molecule has 1 amide bonds. The third kappa shape index (κ3) is 3.68. The molecule has 0 aliphatic carbocycles. The molecule has 0 unspecified atom stereocenters. The number of imidazole rings is 1. The molecule has 0 saturated heterocycles. The molecular weight excluding hydrogens is 390 g/mol. The van der Waals surface area contributed by atoms with Crippen LogP contribution in [-0.4, -0.2) is 20.4 Å². The number of fused-ring (bicyclic) bond motifs is 1. The van der Waals surface area contributed by atoms with Gasteiger partial charge in [0.1, 0.15) is 11.0 Å². The maximum absolute atomic E-state index is 13.6. The smallest absolute Gasteiger partial charge is 0.258 e. The Balaban J connectivity index is 1.59. The van der Waals surface area contributed by atoms with E-state index in [2.05, 4.69) is 19.9 Å². The van der Waals surface area contributed by atoms with Gasteiger partial charge in [0.2, 0.25) is 0 Å². The van der Waals surface area contributed by atoms with Crippen LogP contribution in [0.5, 0.6) is 0 Å². The summed E-state index contributed by atoms with van der Waals surface area (Å²) in [6.45, 7) is 0.979. The van der Waals surface area contributed by atoms with Gasteiger partial charge in [-0.1, -0.05) is 35.3 Å². The summed E-state index contributed by atoms with van der Waals surface area (Å²) in [4.78, 5) is 20.8. The number of nitrogens with zero attached hydrogens (tertiary/aromatic N) is 3. The highest BCUT2D eigenvalue weighted by Crippen LogP contribution is 2.26. The van der Waals surface area contributed by atoms with E-state index in [4.69, 9.17) is 23.2 Å². The number of rotatable bonds is 3. The van der Waals surface area contributed by atoms with Crippen LogP contribution in [0, 0.1) is 5.82 Å². The number of hydrogen-bond donors (Lipinski definition) is 1. The van der Waals surface area contributed by atoms with Crippen molar-refractivity contribution in [2.75, 3.05) is 5.32 Å². The molecule has 0 fully saturated rings. The van der Waals surface area contributed by atoms with E-state index in [1.165, 1.54) is 0 Å². The number of benzene rings is 1. The minimum Gasteiger partial charge on any atom is -0.334 e. The third-order valence-electron chi connectivity index (χ3n) is 4.46. The SMILES string of the molecule is O=C(Nc1cccc(-c2cn3c(n2)CCCC3)c1)c1cc(F)c(Cl)nc1Cl. The fourth-order valence-electron chi connectivity index (χ4n) is 3.11. The maximum atomic E-state index is 13.6. The first kappa shape index (κ1) is 17.9. The lowest BCUT2D eigenvalue weighted by molar-refractivity contribution is 0.102. The number of aromatic nitrogens is 3. The van der Waals surface area contributed by atoms with Gasteiger partial charge in [0.25, 0.3) is 5.91 Å². The predicted octanol–water partition coefficient (Wildman–Crippen LogP) is 4.98. The number of hydrogen-bond acceptors (Lipinski definition) is 3. The number of carbonyl (C=O) groups excluding carboxylic acids is 1. The minimum absolute atomic E-state index is 0.0820. The fourth-order valence-corrected chi connectivity index (χ4v) is 3.52. The van der Waals surface area contributed by atoms with Crippen LogP contribution in [0.3, 0.4) is 0 Å². The number of pyridine rings is 1. The highest BCUT2D eigenvalue weighted by atomic mass is 35.5. The minimum atomic E-state index is -0.802. The summed E-state index contributed by atoms with van der Waals surface area (Å²) in [7, 11) is 0. The largest absolute Gasteiger partial charge is 0.334 e. The molecule has 0 radical (unpaired) electrons. The first-order valence-corrected chi connectivity index (χ1v) is 9.26. The zero-order chi connectivity index (χ0) is 19.0. The lowest BCUT2D eigenvalue weighted by atomic mass is 10.1. The van der Waals surface area contributed by atoms with Crippen LogP contribution in [0.1, 0.15) is 29.0 Å². The summed E-state index contributed by atoms with van der Waals surface area (Å²) in [6, 6.07) is 8.29. The maximum Gasteiger partial charge on any atom is 0.258 e. The first-order valence-electron chi connectivity index (χ1n) is 8.50. The first-order chi connectivity index (χ1) is 13.0. The van der Waals surface area contributed by atoms with Gasteiger partial charge in [0.15, 0.2) is 11.0 Å². The van der Waals surface area contributed by atoms with Gasteiger partial charge >= 0.3 is 0 Å². The van der Waals surface area contributed by atoms with Gasteiger partial charge in [-0.25, -0.2) is 14.4 Å². The molecule has 138 valence electrons. The summed E-state index contributed by atoms with van der Waals surface area (Å²) in [5, 5.41) is 2.18. The van der Waals surface area contributed by atoms with Gasteiger partial charge in [0, 0.05) is 30.4 Å². The van der Waals surface area contributed by atoms with Crippen molar-refractivity contribution in [1.29, 1.82) is 0 Å². The van der Waals surface area contributed by atoms with Crippen LogP contribution in [0.25, 0.3) is 11.3 Å². The molecule has 0 saturated carbocycles. The van der Waals surface area contributed by atoms with E-state index in [0.717, 1.165) is 49.0 Å². The lowest BCUT2D eigenvalue weighted by Crippen LogP contribution is -2.13. The second-order valence-electron chi connectivity index (χ2n) is 6.33. The standard InChI is InChI=1S/C19H15Cl2FN4O/c20-17-13(9-14(22)18(21)25-17)19(27)23-12-5-3-4-11(8-12)15-10-26-7-2-1-6-16(26)24-15/h3-5,8-10H,1-2,6-7H2,(H,23,27). The van der Waals surface area contributed by atoms with E-state index in [1.807, 2.05) is 24.4 Å². The highest BCUT2D eigenvalue weighted by Gasteiger charge is 2.17. The highest BCUT2D eigenvalue weighted by molar-refractivity contribution is 6.35. The van der Waals surface area contributed by atoms with Crippen molar-refractivity contribution in [3.63, 3.8) is 0 Å². The molecule has 5 nitrogen and oxygen atoms in total. The Morgan fingerprint density at radius 3 is 2.81 bits per heavy atom. The molecule has 1 N–H and O–H groups in total. The molecule has 0 bridgehead atoms. The fraction of sp³-hybridized carbons (Fsp3) is 0.211. The Labute approximate surface area is 165 Å². The molecule has 4 rings (SSSR count). The van der Waals surface area contributed by atoms with Crippen molar-refractivity contribution in [2.45, 2.75) is 25.8 Å². The average Bonchev–Trinajstić information content (AvgIpc) is 3.09. The summed E-state index contributed by atoms with van der Waals surface area (Å²) in [5.41, 5.74) is 2.22. The van der Waals surface area contributed by atoms with Crippen LogP contribution < -0.4 is 5.32 Å². The van der Waals surface area contributed by atoms with Crippen LogP contribution in [0.2, 0.25) is 10.3 Å². The Hall–Kier alpha value is -2.44. The van der Waals surface area contributed by atoms with Gasteiger partial charge in [-0.2, -0.15) is 0 Å². The lowest BCUT2D eigenvalue weighted by Gasteiger charge is -2.11. The number of halogens is 3. The van der Waals surface area contributed by atoms with Gasteiger partial charge in [-0.05, 0) is 31.0 Å². The van der Waals surface area contributed by atoms with E-state index in [1.54, 1.807) is 6.07 Å². The Morgan fingerprint density at radius 1 is 1.15 bits per heavy atom. The van der Waals surface area contributed by atoms with E-state index in [0.29, 0.717) is 5.69 Å². The molecule has 1 aliphatic rings. The summed E-state index contributed by atoms with van der Waals surface area (Å²) in [5.74, 6) is -0.284. The van der Waals surface area contributed by atoms with Crippen molar-refractivity contribution in [1.82, 2.24) is 14.5 Å². The van der Waals surface area contributed by atoms with Crippen molar-refractivity contribution < 1.29 is 9.18 Å². The molecule has 3 heterocycles. The second kappa shape index (κ2) is 7.29. The van der Waals surface area contributed by atoms with Crippen molar-refractivity contribution >= 4 is 34.8 Å². The topological polar surface area (TPSA) is 59.8 Å². The van der Waals surface area contributed by atoms with Gasteiger partial charge in [-0.15, -0.1) is 0 Å². The third-order valence-corrected chi connectivity index (χ3v) is 5.01. The predicted molar refractivity (Wildman–Crippen MR) is 103 cm³/mol. The molecular formula is C19H15Cl2FN4O.